The molecule has 0 aliphatic heterocycles. The molecule has 4 rings (SSSR count). The Morgan fingerprint density at radius 1 is 1.04 bits per heavy atom. The summed E-state index contributed by atoms with van der Waals surface area (Å²) < 4.78 is 4.11. The zero-order valence-corrected chi connectivity index (χ0v) is 12.9. The van der Waals surface area contributed by atoms with Gasteiger partial charge in [-0.1, -0.05) is 18.2 Å². The fourth-order valence-electron chi connectivity index (χ4n) is 2.93. The van der Waals surface area contributed by atoms with Crippen LogP contribution in [0.5, 0.6) is 0 Å². The van der Waals surface area contributed by atoms with Crippen molar-refractivity contribution in [2.24, 2.45) is 7.05 Å². The molecule has 3 aromatic heterocycles. The number of imidazole rings is 1. The van der Waals surface area contributed by atoms with E-state index in [1.807, 2.05) is 48.8 Å². The summed E-state index contributed by atoms with van der Waals surface area (Å²) in [6.07, 6.45) is 10.4. The fourth-order valence-corrected chi connectivity index (χ4v) is 2.93. The molecule has 0 unspecified atom stereocenters. The zero-order valence-electron chi connectivity index (χ0n) is 12.9. The van der Waals surface area contributed by atoms with Crippen molar-refractivity contribution in [2.75, 3.05) is 0 Å². The minimum atomic E-state index is 0.871. The van der Waals surface area contributed by atoms with Gasteiger partial charge in [-0.25, -0.2) is 4.98 Å². The maximum atomic E-state index is 4.58. The number of pyridine rings is 1. The Morgan fingerprint density at radius 2 is 2.00 bits per heavy atom. The molecule has 0 N–H and O–H groups in total. The first-order valence-electron chi connectivity index (χ1n) is 7.64. The lowest BCUT2D eigenvalue weighted by Gasteiger charge is -2.10. The van der Waals surface area contributed by atoms with Gasteiger partial charge in [-0.15, -0.1) is 0 Å². The molecule has 1 aromatic carbocycles. The van der Waals surface area contributed by atoms with Gasteiger partial charge in [0.2, 0.25) is 0 Å². The van der Waals surface area contributed by atoms with E-state index in [0.717, 1.165) is 29.7 Å². The van der Waals surface area contributed by atoms with Crippen molar-refractivity contribution in [1.82, 2.24) is 24.3 Å². The number of aromatic nitrogens is 5. The number of benzene rings is 1. The molecule has 0 aliphatic rings. The Bertz CT molecular complexity index is 945. The SMILES string of the molecule is Cn1nccc1CCn1ccnc1-c1cccc2cnccc12. The van der Waals surface area contributed by atoms with Gasteiger partial charge >= 0.3 is 0 Å². The summed E-state index contributed by atoms with van der Waals surface area (Å²) in [6, 6.07) is 10.4. The monoisotopic (exact) mass is 303 g/mol. The van der Waals surface area contributed by atoms with Crippen molar-refractivity contribution in [3.05, 3.63) is 67.0 Å². The van der Waals surface area contributed by atoms with Crippen molar-refractivity contribution in [1.29, 1.82) is 0 Å². The van der Waals surface area contributed by atoms with Crippen LogP contribution in [0.1, 0.15) is 5.69 Å². The summed E-state index contributed by atoms with van der Waals surface area (Å²) in [7, 11) is 1.97. The molecule has 0 bridgehead atoms. The molecule has 0 aliphatic carbocycles. The lowest BCUT2D eigenvalue weighted by atomic mass is 10.1. The summed E-state index contributed by atoms with van der Waals surface area (Å²) in [4.78, 5) is 8.78. The lowest BCUT2D eigenvalue weighted by molar-refractivity contribution is 0.640. The highest BCUT2D eigenvalue weighted by molar-refractivity contribution is 5.94. The topological polar surface area (TPSA) is 48.5 Å². The van der Waals surface area contributed by atoms with E-state index in [-0.39, 0.29) is 0 Å². The van der Waals surface area contributed by atoms with Crippen molar-refractivity contribution < 1.29 is 0 Å². The Hall–Kier alpha value is -2.95. The van der Waals surface area contributed by atoms with E-state index in [0.29, 0.717) is 0 Å². The van der Waals surface area contributed by atoms with Gasteiger partial charge in [0.1, 0.15) is 5.82 Å². The maximum absolute atomic E-state index is 4.58. The molecule has 0 radical (unpaired) electrons. The Kier molecular flexibility index (Phi) is 3.38. The highest BCUT2D eigenvalue weighted by Crippen LogP contribution is 2.27. The van der Waals surface area contributed by atoms with E-state index in [1.54, 1.807) is 0 Å². The third kappa shape index (κ3) is 2.50. The van der Waals surface area contributed by atoms with Gasteiger partial charge in [-0.3, -0.25) is 9.67 Å². The summed E-state index contributed by atoms with van der Waals surface area (Å²) in [5, 5.41) is 6.53. The van der Waals surface area contributed by atoms with E-state index in [1.165, 1.54) is 11.1 Å². The summed E-state index contributed by atoms with van der Waals surface area (Å²) in [6.45, 7) is 0.871. The van der Waals surface area contributed by atoms with E-state index < -0.39 is 0 Å². The summed E-state index contributed by atoms with van der Waals surface area (Å²) >= 11 is 0. The number of aryl methyl sites for hydroxylation is 3. The maximum Gasteiger partial charge on any atom is 0.140 e. The fraction of sp³-hybridized carbons (Fsp3) is 0.167. The second-order valence-corrected chi connectivity index (χ2v) is 5.54. The molecule has 0 spiro atoms. The van der Waals surface area contributed by atoms with Gasteiger partial charge < -0.3 is 4.57 Å². The van der Waals surface area contributed by atoms with E-state index in [9.17, 15) is 0 Å². The van der Waals surface area contributed by atoms with Crippen LogP contribution in [0.4, 0.5) is 0 Å². The standard InChI is InChI=1S/C18H17N5/c1-22-15(5-9-21-22)7-11-23-12-10-20-18(23)17-4-2-3-14-13-19-8-6-16(14)17/h2-6,8-10,12-13H,7,11H2,1H3. The number of hydrogen-bond acceptors (Lipinski definition) is 3. The van der Waals surface area contributed by atoms with E-state index in [2.05, 4.69) is 43.9 Å². The molecular formula is C18H17N5. The largest absolute Gasteiger partial charge is 0.331 e. The van der Waals surface area contributed by atoms with E-state index in [4.69, 9.17) is 0 Å². The lowest BCUT2D eigenvalue weighted by Crippen LogP contribution is -2.06. The van der Waals surface area contributed by atoms with Crippen LogP contribution in [0.2, 0.25) is 0 Å². The van der Waals surface area contributed by atoms with Crippen molar-refractivity contribution in [3.8, 4) is 11.4 Å². The van der Waals surface area contributed by atoms with Gasteiger partial charge in [-0.05, 0) is 17.5 Å². The van der Waals surface area contributed by atoms with Crippen LogP contribution in [-0.2, 0) is 20.0 Å². The minimum Gasteiger partial charge on any atom is -0.331 e. The first-order valence-corrected chi connectivity index (χ1v) is 7.64. The van der Waals surface area contributed by atoms with Crippen LogP contribution in [-0.4, -0.2) is 24.3 Å². The van der Waals surface area contributed by atoms with Crippen LogP contribution in [0, 0.1) is 0 Å². The second-order valence-electron chi connectivity index (χ2n) is 5.54. The summed E-state index contributed by atoms with van der Waals surface area (Å²) in [5.74, 6) is 0.990. The molecule has 0 saturated carbocycles. The average molecular weight is 303 g/mol. The smallest absolute Gasteiger partial charge is 0.140 e. The number of rotatable bonds is 4. The Morgan fingerprint density at radius 3 is 2.87 bits per heavy atom. The molecule has 0 amide bonds. The van der Waals surface area contributed by atoms with E-state index >= 15 is 0 Å². The van der Waals surface area contributed by atoms with Crippen molar-refractivity contribution >= 4 is 10.8 Å². The minimum absolute atomic E-state index is 0.871. The molecule has 114 valence electrons. The van der Waals surface area contributed by atoms with Crippen LogP contribution in [0.3, 0.4) is 0 Å². The van der Waals surface area contributed by atoms with Crippen LogP contribution >= 0.6 is 0 Å². The van der Waals surface area contributed by atoms with Crippen LogP contribution in [0.15, 0.2) is 61.3 Å². The Labute approximate surface area is 134 Å². The molecule has 5 heteroatoms. The predicted octanol–water partition coefficient (Wildman–Crippen LogP) is 3.07. The summed E-state index contributed by atoms with van der Waals surface area (Å²) in [5.41, 5.74) is 2.35. The van der Waals surface area contributed by atoms with Gasteiger partial charge in [0, 0.05) is 67.6 Å². The first kappa shape index (κ1) is 13.7. The highest BCUT2D eigenvalue weighted by Gasteiger charge is 2.10. The van der Waals surface area contributed by atoms with Gasteiger partial charge in [0.05, 0.1) is 0 Å². The van der Waals surface area contributed by atoms with Crippen molar-refractivity contribution in [2.45, 2.75) is 13.0 Å². The number of nitrogens with zero attached hydrogens (tertiary/aromatic N) is 5. The quantitative estimate of drug-likeness (QED) is 0.582. The first-order chi connectivity index (χ1) is 11.3. The normalized spacial score (nSPS) is 11.2. The molecule has 0 saturated heterocycles. The number of fused-ring (bicyclic) bond motifs is 1. The van der Waals surface area contributed by atoms with Crippen LogP contribution < -0.4 is 0 Å². The molecule has 0 atom stereocenters. The number of hydrogen-bond donors (Lipinski definition) is 0. The molecule has 3 heterocycles. The highest BCUT2D eigenvalue weighted by atomic mass is 15.3. The average Bonchev–Trinajstić information content (AvgIpc) is 3.21. The molecule has 5 nitrogen and oxygen atoms in total. The zero-order chi connectivity index (χ0) is 15.6. The molecule has 23 heavy (non-hydrogen) atoms. The third-order valence-electron chi connectivity index (χ3n) is 4.17. The molecule has 4 aromatic rings. The van der Waals surface area contributed by atoms with Crippen molar-refractivity contribution in [3.63, 3.8) is 0 Å². The van der Waals surface area contributed by atoms with Gasteiger partial charge in [-0.2, -0.15) is 5.10 Å². The molecular weight excluding hydrogens is 286 g/mol. The predicted molar refractivity (Wildman–Crippen MR) is 89.9 cm³/mol. The Balaban J connectivity index is 1.70. The second kappa shape index (κ2) is 5.68. The third-order valence-corrected chi connectivity index (χ3v) is 4.17. The van der Waals surface area contributed by atoms with Crippen LogP contribution in [0.25, 0.3) is 22.2 Å². The molecule has 0 fully saturated rings. The van der Waals surface area contributed by atoms with Gasteiger partial charge in [0.25, 0.3) is 0 Å². The van der Waals surface area contributed by atoms with Gasteiger partial charge in [0.15, 0.2) is 0 Å².